The van der Waals surface area contributed by atoms with Gasteiger partial charge in [0, 0.05) is 31.0 Å². The van der Waals surface area contributed by atoms with Gasteiger partial charge in [0.1, 0.15) is 0 Å². The van der Waals surface area contributed by atoms with Crippen molar-refractivity contribution in [2.75, 3.05) is 27.2 Å². The fourth-order valence-electron chi connectivity index (χ4n) is 3.67. The number of likely N-dealkylation sites (tertiary alicyclic amines) is 1. The number of aromatic nitrogens is 2. The van der Waals surface area contributed by atoms with Crippen LogP contribution in [0.4, 0.5) is 4.79 Å². The van der Waals surface area contributed by atoms with Crippen LogP contribution in [0.15, 0.2) is 30.7 Å². The molecule has 29 heavy (non-hydrogen) atoms. The highest BCUT2D eigenvalue weighted by Crippen LogP contribution is 2.38. The molecule has 1 aromatic carbocycles. The summed E-state index contributed by atoms with van der Waals surface area (Å²) in [6.07, 6.45) is 7.53. The lowest BCUT2D eigenvalue weighted by atomic mass is 10.0. The number of hydrogen-bond acceptors (Lipinski definition) is 4. The van der Waals surface area contributed by atoms with Crippen molar-refractivity contribution in [3.05, 3.63) is 46.3 Å². The normalized spacial score (nSPS) is 16.4. The van der Waals surface area contributed by atoms with Crippen LogP contribution in [0.1, 0.15) is 37.8 Å². The van der Waals surface area contributed by atoms with Crippen LogP contribution in [0.25, 0.3) is 11.3 Å². The molecule has 0 bridgehead atoms. The monoisotopic (exact) mass is 435 g/mol. The van der Waals surface area contributed by atoms with Crippen molar-refractivity contribution < 1.29 is 4.79 Å². The Morgan fingerprint density at radius 3 is 2.62 bits per heavy atom. The van der Waals surface area contributed by atoms with E-state index in [2.05, 4.69) is 27.2 Å². The van der Waals surface area contributed by atoms with Crippen LogP contribution in [0.2, 0.25) is 10.0 Å². The summed E-state index contributed by atoms with van der Waals surface area (Å²) < 4.78 is 0. The first-order valence-corrected chi connectivity index (χ1v) is 10.6. The van der Waals surface area contributed by atoms with Gasteiger partial charge in [0.15, 0.2) is 0 Å². The molecule has 0 aliphatic carbocycles. The van der Waals surface area contributed by atoms with E-state index in [0.29, 0.717) is 22.2 Å². The van der Waals surface area contributed by atoms with E-state index < -0.39 is 0 Å². The van der Waals surface area contributed by atoms with Gasteiger partial charge in [0.2, 0.25) is 0 Å². The molecular weight excluding hydrogens is 409 g/mol. The van der Waals surface area contributed by atoms with Gasteiger partial charge in [-0.2, -0.15) is 0 Å². The summed E-state index contributed by atoms with van der Waals surface area (Å²) in [5, 5.41) is 3.97. The Morgan fingerprint density at radius 2 is 2.00 bits per heavy atom. The van der Waals surface area contributed by atoms with Gasteiger partial charge in [-0.05, 0) is 45.0 Å². The van der Waals surface area contributed by atoms with Gasteiger partial charge in [-0.1, -0.05) is 42.3 Å². The fraction of sp³-hybridized carbons (Fsp3) is 0.476. The van der Waals surface area contributed by atoms with Crippen LogP contribution in [0.3, 0.4) is 0 Å². The number of amides is 2. The van der Waals surface area contributed by atoms with Crippen LogP contribution in [0, 0.1) is 0 Å². The van der Waals surface area contributed by atoms with Gasteiger partial charge in [-0.25, -0.2) is 4.79 Å². The number of nitrogens with zero attached hydrogens (tertiary/aromatic N) is 4. The molecule has 1 saturated heterocycles. The van der Waals surface area contributed by atoms with Crippen LogP contribution >= 0.6 is 23.2 Å². The van der Waals surface area contributed by atoms with Crippen LogP contribution in [0.5, 0.6) is 0 Å². The third kappa shape index (κ3) is 5.00. The van der Waals surface area contributed by atoms with Crippen molar-refractivity contribution in [1.29, 1.82) is 0 Å². The summed E-state index contributed by atoms with van der Waals surface area (Å²) in [5.74, 6) is 0. The minimum atomic E-state index is -0.225. The second-order valence-corrected chi connectivity index (χ2v) is 8.23. The van der Waals surface area contributed by atoms with Gasteiger partial charge in [0.25, 0.3) is 0 Å². The summed E-state index contributed by atoms with van der Waals surface area (Å²) in [6.45, 7) is 4.02. The van der Waals surface area contributed by atoms with Crippen molar-refractivity contribution in [2.45, 2.75) is 38.3 Å². The molecule has 1 aliphatic rings. The van der Waals surface area contributed by atoms with E-state index in [4.69, 9.17) is 23.2 Å². The van der Waals surface area contributed by atoms with E-state index in [-0.39, 0.29) is 18.1 Å². The molecule has 2 aromatic rings. The Kier molecular flexibility index (Phi) is 7.33. The standard InChI is InChI=1S/C21H27Cl2N5O/c1-4-17(26-21(29)28(3)14-7-11-27(2)12-8-14)15-5-6-16(20(23)19(15)22)18-13-24-9-10-25-18/h5-6,9-10,13-14,17H,4,7-8,11-12H2,1-3H3,(H,26,29). The molecule has 0 spiro atoms. The van der Waals surface area contributed by atoms with Gasteiger partial charge in [-0.3, -0.25) is 9.97 Å². The summed E-state index contributed by atoms with van der Waals surface area (Å²) in [7, 11) is 3.98. The van der Waals surface area contributed by atoms with Crippen molar-refractivity contribution >= 4 is 29.2 Å². The van der Waals surface area contributed by atoms with Crippen molar-refractivity contribution in [2.24, 2.45) is 0 Å². The number of nitrogens with one attached hydrogen (secondary N) is 1. The quantitative estimate of drug-likeness (QED) is 0.742. The molecule has 1 N–H and O–H groups in total. The van der Waals surface area contributed by atoms with Gasteiger partial charge >= 0.3 is 6.03 Å². The van der Waals surface area contributed by atoms with Crippen LogP contribution in [-0.2, 0) is 0 Å². The first-order valence-electron chi connectivity index (χ1n) is 9.88. The second kappa shape index (κ2) is 9.74. The molecule has 3 rings (SSSR count). The largest absolute Gasteiger partial charge is 0.331 e. The summed E-state index contributed by atoms with van der Waals surface area (Å²) >= 11 is 13.1. The SMILES string of the molecule is CCC(NC(=O)N(C)C1CCN(C)CC1)c1ccc(-c2cnccn2)c(Cl)c1Cl. The predicted molar refractivity (Wildman–Crippen MR) is 117 cm³/mol. The van der Waals surface area contributed by atoms with Crippen LogP contribution < -0.4 is 5.32 Å². The number of rotatable bonds is 5. The lowest BCUT2D eigenvalue weighted by Crippen LogP contribution is -2.48. The zero-order chi connectivity index (χ0) is 21.0. The van der Waals surface area contributed by atoms with E-state index in [0.717, 1.165) is 37.1 Å². The zero-order valence-electron chi connectivity index (χ0n) is 17.0. The molecule has 0 radical (unpaired) electrons. The Morgan fingerprint density at radius 1 is 1.28 bits per heavy atom. The predicted octanol–water partition coefficient (Wildman–Crippen LogP) is 4.64. The van der Waals surface area contributed by atoms with E-state index in [1.807, 2.05) is 31.0 Å². The van der Waals surface area contributed by atoms with E-state index in [9.17, 15) is 4.79 Å². The molecule has 1 unspecified atom stereocenters. The Balaban J connectivity index is 1.76. The highest BCUT2D eigenvalue weighted by molar-refractivity contribution is 6.44. The average Bonchev–Trinajstić information content (AvgIpc) is 2.74. The molecule has 2 amide bonds. The third-order valence-corrected chi connectivity index (χ3v) is 6.49. The van der Waals surface area contributed by atoms with Gasteiger partial charge in [-0.15, -0.1) is 0 Å². The number of carbonyl (C=O) groups excluding carboxylic acids is 1. The Hall–Kier alpha value is -1.89. The van der Waals surface area contributed by atoms with Crippen molar-refractivity contribution in [1.82, 2.24) is 25.1 Å². The lowest BCUT2D eigenvalue weighted by molar-refractivity contribution is 0.145. The average molecular weight is 436 g/mol. The molecule has 8 heteroatoms. The smallest absolute Gasteiger partial charge is 0.317 e. The van der Waals surface area contributed by atoms with Gasteiger partial charge < -0.3 is 15.1 Å². The maximum atomic E-state index is 12.9. The maximum absolute atomic E-state index is 12.9. The van der Waals surface area contributed by atoms with E-state index in [1.165, 1.54) is 0 Å². The first-order chi connectivity index (χ1) is 13.9. The molecular formula is C21H27Cl2N5O. The number of urea groups is 1. The maximum Gasteiger partial charge on any atom is 0.317 e. The number of benzene rings is 1. The molecule has 2 heterocycles. The topological polar surface area (TPSA) is 61.4 Å². The third-order valence-electron chi connectivity index (χ3n) is 5.59. The Labute approximate surface area is 182 Å². The van der Waals surface area contributed by atoms with E-state index in [1.54, 1.807) is 18.6 Å². The van der Waals surface area contributed by atoms with Gasteiger partial charge in [0.05, 0.1) is 28.0 Å². The highest BCUT2D eigenvalue weighted by atomic mass is 35.5. The summed E-state index contributed by atoms with van der Waals surface area (Å²) in [6, 6.07) is 3.72. The lowest BCUT2D eigenvalue weighted by Gasteiger charge is -2.36. The van der Waals surface area contributed by atoms with Crippen molar-refractivity contribution in [3.8, 4) is 11.3 Å². The Bertz CT molecular complexity index is 840. The number of hydrogen-bond donors (Lipinski definition) is 1. The van der Waals surface area contributed by atoms with Crippen LogP contribution in [-0.4, -0.2) is 59.0 Å². The number of carbonyl (C=O) groups is 1. The minimum absolute atomic E-state index is 0.0865. The molecule has 1 atom stereocenters. The first kappa shape index (κ1) is 21.8. The second-order valence-electron chi connectivity index (χ2n) is 7.48. The molecule has 156 valence electrons. The molecule has 6 nitrogen and oxygen atoms in total. The molecule has 1 aliphatic heterocycles. The number of piperidine rings is 1. The fourth-order valence-corrected chi connectivity index (χ4v) is 4.23. The minimum Gasteiger partial charge on any atom is -0.331 e. The summed E-state index contributed by atoms with van der Waals surface area (Å²) in [4.78, 5) is 25.3. The molecule has 0 saturated carbocycles. The highest BCUT2D eigenvalue weighted by Gasteiger charge is 2.26. The van der Waals surface area contributed by atoms with E-state index >= 15 is 0 Å². The zero-order valence-corrected chi connectivity index (χ0v) is 18.5. The number of halogens is 2. The molecule has 1 fully saturated rings. The van der Waals surface area contributed by atoms with Crippen molar-refractivity contribution in [3.63, 3.8) is 0 Å². The molecule has 1 aromatic heterocycles. The summed E-state index contributed by atoms with van der Waals surface area (Å²) in [5.41, 5.74) is 2.18.